The van der Waals surface area contributed by atoms with Crippen molar-refractivity contribution in [2.24, 2.45) is 0 Å². The van der Waals surface area contributed by atoms with Gasteiger partial charge in [-0.2, -0.15) is 0 Å². The van der Waals surface area contributed by atoms with Gasteiger partial charge in [0.1, 0.15) is 0 Å². The zero-order chi connectivity index (χ0) is 11.5. The molecule has 2 aromatic rings. The van der Waals surface area contributed by atoms with E-state index in [2.05, 4.69) is 11.9 Å². The summed E-state index contributed by atoms with van der Waals surface area (Å²) in [5, 5.41) is 11.9. The second-order valence-corrected chi connectivity index (χ2v) is 4.31. The number of thiazole rings is 1. The Balaban J connectivity index is 2.40. The quantitative estimate of drug-likeness (QED) is 0.886. The molecule has 0 atom stereocenters. The number of aromatic carboxylic acids is 1. The van der Waals surface area contributed by atoms with Gasteiger partial charge in [0.2, 0.25) is 0 Å². The van der Waals surface area contributed by atoms with Crippen LogP contribution in [0.2, 0.25) is 0 Å². The summed E-state index contributed by atoms with van der Waals surface area (Å²) in [6, 6.07) is 6.85. The Morgan fingerprint density at radius 1 is 1.50 bits per heavy atom. The van der Waals surface area contributed by atoms with Crippen molar-refractivity contribution in [2.75, 3.05) is 0 Å². The number of aryl methyl sites for hydroxylation is 1. The Kier molecular flexibility index (Phi) is 3.01. The summed E-state index contributed by atoms with van der Waals surface area (Å²) in [5.74, 6) is -0.909. The molecular weight excluding hydrogens is 222 g/mol. The van der Waals surface area contributed by atoms with E-state index < -0.39 is 5.97 Å². The smallest absolute Gasteiger partial charge is 0.335 e. The van der Waals surface area contributed by atoms with E-state index in [0.29, 0.717) is 5.56 Å². The second kappa shape index (κ2) is 4.45. The minimum absolute atomic E-state index is 0.295. The van der Waals surface area contributed by atoms with Gasteiger partial charge in [0.05, 0.1) is 16.3 Å². The Hall–Kier alpha value is -1.68. The van der Waals surface area contributed by atoms with E-state index in [1.807, 2.05) is 11.4 Å². The number of aromatic nitrogens is 1. The first-order valence-corrected chi connectivity index (χ1v) is 5.87. The second-order valence-electron chi connectivity index (χ2n) is 3.37. The van der Waals surface area contributed by atoms with Crippen LogP contribution in [0.25, 0.3) is 11.3 Å². The van der Waals surface area contributed by atoms with Crippen molar-refractivity contribution in [3.8, 4) is 11.3 Å². The van der Waals surface area contributed by atoms with Gasteiger partial charge in [0.25, 0.3) is 0 Å². The lowest BCUT2D eigenvalue weighted by Crippen LogP contribution is -1.95. The molecule has 0 radical (unpaired) electrons. The molecular formula is C12H11NO2S. The number of carboxylic acids is 1. The topological polar surface area (TPSA) is 50.2 Å². The maximum absolute atomic E-state index is 10.8. The highest BCUT2D eigenvalue weighted by Gasteiger charge is 2.07. The van der Waals surface area contributed by atoms with E-state index in [4.69, 9.17) is 5.11 Å². The summed E-state index contributed by atoms with van der Waals surface area (Å²) in [7, 11) is 0. The molecule has 2 rings (SSSR count). The van der Waals surface area contributed by atoms with E-state index in [1.165, 1.54) is 0 Å². The maximum Gasteiger partial charge on any atom is 0.335 e. The van der Waals surface area contributed by atoms with Crippen molar-refractivity contribution >= 4 is 17.3 Å². The molecule has 0 spiro atoms. The average Bonchev–Trinajstić information content (AvgIpc) is 2.77. The summed E-state index contributed by atoms with van der Waals surface area (Å²) in [4.78, 5) is 15.3. The van der Waals surface area contributed by atoms with Crippen LogP contribution in [0.3, 0.4) is 0 Å². The molecule has 1 N–H and O–H groups in total. The average molecular weight is 233 g/mol. The third-order valence-corrected chi connectivity index (χ3v) is 3.25. The van der Waals surface area contributed by atoms with E-state index >= 15 is 0 Å². The third-order valence-electron chi connectivity index (χ3n) is 2.26. The predicted molar refractivity (Wildman–Crippen MR) is 63.9 cm³/mol. The Morgan fingerprint density at radius 3 is 2.94 bits per heavy atom. The first-order valence-electron chi connectivity index (χ1n) is 4.99. The van der Waals surface area contributed by atoms with Crippen molar-refractivity contribution in [3.63, 3.8) is 0 Å². The van der Waals surface area contributed by atoms with Crippen molar-refractivity contribution in [1.82, 2.24) is 4.98 Å². The van der Waals surface area contributed by atoms with Crippen molar-refractivity contribution in [1.29, 1.82) is 0 Å². The molecule has 1 heterocycles. The lowest BCUT2D eigenvalue weighted by atomic mass is 10.1. The lowest BCUT2D eigenvalue weighted by molar-refractivity contribution is 0.0697. The Bertz CT molecular complexity index is 519. The lowest BCUT2D eigenvalue weighted by Gasteiger charge is -1.98. The summed E-state index contributed by atoms with van der Waals surface area (Å²) in [6.45, 7) is 2.05. The number of hydrogen-bond donors (Lipinski definition) is 1. The SMILES string of the molecule is CCc1nc(-c2cccc(C(=O)O)c2)cs1. The fourth-order valence-corrected chi connectivity index (χ4v) is 2.17. The fraction of sp³-hybridized carbons (Fsp3) is 0.167. The van der Waals surface area contributed by atoms with Gasteiger partial charge in [-0.05, 0) is 18.6 Å². The van der Waals surface area contributed by atoms with Gasteiger partial charge < -0.3 is 5.11 Å². The zero-order valence-corrected chi connectivity index (χ0v) is 9.62. The molecule has 4 heteroatoms. The standard InChI is InChI=1S/C12H11NO2S/c1-2-11-13-10(7-16-11)8-4-3-5-9(6-8)12(14)15/h3-7H,2H2,1H3,(H,14,15). The summed E-state index contributed by atoms with van der Waals surface area (Å²) < 4.78 is 0. The van der Waals surface area contributed by atoms with Crippen LogP contribution in [0, 0.1) is 0 Å². The number of rotatable bonds is 3. The third kappa shape index (κ3) is 2.12. The van der Waals surface area contributed by atoms with E-state index in [0.717, 1.165) is 22.7 Å². The number of carbonyl (C=O) groups is 1. The number of benzene rings is 1. The molecule has 0 saturated carbocycles. The molecule has 0 amide bonds. The summed E-state index contributed by atoms with van der Waals surface area (Å²) in [5.41, 5.74) is 2.00. The van der Waals surface area contributed by atoms with Crippen LogP contribution in [0.15, 0.2) is 29.6 Å². The Morgan fingerprint density at radius 2 is 2.31 bits per heavy atom. The molecule has 1 aromatic carbocycles. The minimum atomic E-state index is -0.909. The minimum Gasteiger partial charge on any atom is -0.478 e. The molecule has 16 heavy (non-hydrogen) atoms. The number of carboxylic acid groups (broad SMARTS) is 1. The normalized spacial score (nSPS) is 10.3. The molecule has 0 fully saturated rings. The summed E-state index contributed by atoms with van der Waals surface area (Å²) >= 11 is 1.60. The van der Waals surface area contributed by atoms with Gasteiger partial charge in [-0.3, -0.25) is 0 Å². The van der Waals surface area contributed by atoms with Gasteiger partial charge in [-0.1, -0.05) is 19.1 Å². The van der Waals surface area contributed by atoms with Crippen LogP contribution in [0.5, 0.6) is 0 Å². The van der Waals surface area contributed by atoms with Crippen LogP contribution >= 0.6 is 11.3 Å². The molecule has 3 nitrogen and oxygen atoms in total. The van der Waals surface area contributed by atoms with Gasteiger partial charge in [0.15, 0.2) is 0 Å². The van der Waals surface area contributed by atoms with Crippen LogP contribution < -0.4 is 0 Å². The van der Waals surface area contributed by atoms with Crippen LogP contribution in [0.1, 0.15) is 22.3 Å². The first-order chi connectivity index (χ1) is 7.70. The van der Waals surface area contributed by atoms with E-state index in [-0.39, 0.29) is 0 Å². The fourth-order valence-electron chi connectivity index (χ4n) is 1.42. The van der Waals surface area contributed by atoms with Crippen molar-refractivity contribution in [3.05, 3.63) is 40.2 Å². The molecule has 0 aliphatic rings. The summed E-state index contributed by atoms with van der Waals surface area (Å²) in [6.07, 6.45) is 0.906. The molecule has 0 unspecified atom stereocenters. The molecule has 1 aromatic heterocycles. The molecule has 0 saturated heterocycles. The molecule has 0 aliphatic heterocycles. The molecule has 82 valence electrons. The van der Waals surface area contributed by atoms with E-state index in [1.54, 1.807) is 29.5 Å². The van der Waals surface area contributed by atoms with Crippen molar-refractivity contribution in [2.45, 2.75) is 13.3 Å². The number of hydrogen-bond acceptors (Lipinski definition) is 3. The van der Waals surface area contributed by atoms with Crippen LogP contribution in [-0.2, 0) is 6.42 Å². The Labute approximate surface area is 97.4 Å². The largest absolute Gasteiger partial charge is 0.478 e. The van der Waals surface area contributed by atoms with Crippen LogP contribution in [0.4, 0.5) is 0 Å². The highest BCUT2D eigenvalue weighted by atomic mass is 32.1. The monoisotopic (exact) mass is 233 g/mol. The predicted octanol–water partition coefficient (Wildman–Crippen LogP) is 3.07. The molecule has 0 aliphatic carbocycles. The first kappa shape index (κ1) is 10.8. The zero-order valence-electron chi connectivity index (χ0n) is 8.80. The molecule has 0 bridgehead atoms. The number of nitrogens with zero attached hydrogens (tertiary/aromatic N) is 1. The van der Waals surface area contributed by atoms with Gasteiger partial charge in [-0.15, -0.1) is 11.3 Å². The van der Waals surface area contributed by atoms with Crippen LogP contribution in [-0.4, -0.2) is 16.1 Å². The van der Waals surface area contributed by atoms with Gasteiger partial charge in [0, 0.05) is 10.9 Å². The van der Waals surface area contributed by atoms with Gasteiger partial charge in [-0.25, -0.2) is 9.78 Å². The van der Waals surface area contributed by atoms with E-state index in [9.17, 15) is 4.79 Å². The highest BCUT2D eigenvalue weighted by Crippen LogP contribution is 2.22. The maximum atomic E-state index is 10.8. The highest BCUT2D eigenvalue weighted by molar-refractivity contribution is 7.09. The van der Waals surface area contributed by atoms with Crippen molar-refractivity contribution < 1.29 is 9.90 Å². The van der Waals surface area contributed by atoms with Gasteiger partial charge >= 0.3 is 5.97 Å².